The molecule has 2 amide bonds. The minimum absolute atomic E-state index is 0.0740. The van der Waals surface area contributed by atoms with Crippen molar-refractivity contribution in [3.63, 3.8) is 0 Å². The maximum atomic E-state index is 13.3. The average molecular weight is 537 g/mol. The number of piperidine rings is 1. The van der Waals surface area contributed by atoms with Crippen LogP contribution in [0.25, 0.3) is 5.69 Å². The lowest BCUT2D eigenvalue weighted by Gasteiger charge is -2.30. The van der Waals surface area contributed by atoms with E-state index in [1.54, 1.807) is 42.7 Å². The molecule has 9 nitrogen and oxygen atoms in total. The second kappa shape index (κ2) is 11.0. The summed E-state index contributed by atoms with van der Waals surface area (Å²) in [5.41, 5.74) is 11.9. The molecule has 1 aromatic heterocycles. The predicted octanol–water partition coefficient (Wildman–Crippen LogP) is 4.39. The summed E-state index contributed by atoms with van der Waals surface area (Å²) in [7, 11) is 0. The van der Waals surface area contributed by atoms with Crippen molar-refractivity contribution >= 4 is 17.5 Å². The summed E-state index contributed by atoms with van der Waals surface area (Å²) in [6, 6.07) is 18.7. The number of aryl methyl sites for hydroxylation is 1. The number of benzene rings is 3. The number of nitrogens with two attached hydrogens (primary N) is 1. The highest BCUT2D eigenvalue weighted by Gasteiger charge is 2.20. The van der Waals surface area contributed by atoms with E-state index in [0.29, 0.717) is 34.9 Å². The Morgan fingerprint density at radius 1 is 1.15 bits per heavy atom. The first-order valence-corrected chi connectivity index (χ1v) is 13.5. The number of carbonyl (C=O) groups is 2. The van der Waals surface area contributed by atoms with E-state index in [0.717, 1.165) is 55.0 Å². The summed E-state index contributed by atoms with van der Waals surface area (Å²) in [5, 5.41) is 5.88. The maximum Gasteiger partial charge on any atom is 0.255 e. The van der Waals surface area contributed by atoms with E-state index in [1.807, 2.05) is 35.9 Å². The molecule has 1 atom stereocenters. The third-order valence-electron chi connectivity index (χ3n) is 7.29. The molecule has 2 aliphatic rings. The van der Waals surface area contributed by atoms with Crippen molar-refractivity contribution in [3.05, 3.63) is 101 Å². The Bertz CT molecular complexity index is 1580. The largest absolute Gasteiger partial charge is 0.457 e. The van der Waals surface area contributed by atoms with Gasteiger partial charge in [-0.15, -0.1) is 0 Å². The number of amides is 2. The van der Waals surface area contributed by atoms with Gasteiger partial charge in [0.15, 0.2) is 0 Å². The van der Waals surface area contributed by atoms with Crippen LogP contribution < -0.4 is 21.1 Å². The predicted molar refractivity (Wildman–Crippen MR) is 153 cm³/mol. The standard InChI is InChI=1S/C31H32N6O3/c1-20-16-37(19-34-20)26-11-21(17-36-9-3-5-24(32)18-36)10-25(14-26)35-30(38)22-4-2-6-27(12-22)40-28-7-8-29-23(13-28)15-33-31(29)39/h2,4,6-8,10-14,16,19,24H,3,5,9,15,17-18,32H2,1H3,(H,33,39)(H,35,38)/t24-/m0/s1. The molecule has 0 bridgehead atoms. The third kappa shape index (κ3) is 5.75. The number of ether oxygens (including phenoxy) is 1. The number of hydrogen-bond donors (Lipinski definition) is 3. The van der Waals surface area contributed by atoms with Crippen LogP contribution in [-0.2, 0) is 13.1 Å². The number of nitrogens with one attached hydrogen (secondary N) is 2. The van der Waals surface area contributed by atoms with Gasteiger partial charge in [-0.3, -0.25) is 14.5 Å². The molecular formula is C31H32N6O3. The zero-order valence-electron chi connectivity index (χ0n) is 22.4. The lowest BCUT2D eigenvalue weighted by atomic mass is 10.1. The van der Waals surface area contributed by atoms with Gasteiger partial charge in [-0.05, 0) is 92.0 Å². The van der Waals surface area contributed by atoms with E-state index in [1.165, 1.54) is 0 Å². The van der Waals surface area contributed by atoms with Crippen LogP contribution in [0.3, 0.4) is 0 Å². The number of rotatable bonds is 7. The van der Waals surface area contributed by atoms with Crippen LogP contribution in [0.1, 0.15) is 50.4 Å². The van der Waals surface area contributed by atoms with Gasteiger partial charge >= 0.3 is 0 Å². The summed E-state index contributed by atoms with van der Waals surface area (Å²) >= 11 is 0. The highest BCUT2D eigenvalue weighted by Crippen LogP contribution is 2.28. The SMILES string of the molecule is Cc1cn(-c2cc(CN3CCC[C@H](N)C3)cc(NC(=O)c3cccc(Oc4ccc5c(c4)CNC5=O)c3)c2)cn1. The molecule has 0 aliphatic carbocycles. The summed E-state index contributed by atoms with van der Waals surface area (Å²) in [6.45, 7) is 5.06. The van der Waals surface area contributed by atoms with Gasteiger partial charge in [0.05, 0.1) is 12.0 Å². The number of likely N-dealkylation sites (tertiary alicyclic amines) is 1. The number of anilines is 1. The van der Waals surface area contributed by atoms with E-state index >= 15 is 0 Å². The summed E-state index contributed by atoms with van der Waals surface area (Å²) in [4.78, 5) is 31.9. The average Bonchev–Trinajstić information content (AvgIpc) is 3.54. The van der Waals surface area contributed by atoms with Crippen LogP contribution >= 0.6 is 0 Å². The van der Waals surface area contributed by atoms with Crippen molar-refractivity contribution < 1.29 is 14.3 Å². The number of fused-ring (bicyclic) bond motifs is 1. The second-order valence-corrected chi connectivity index (χ2v) is 10.5. The van der Waals surface area contributed by atoms with Gasteiger partial charge in [0, 0.05) is 54.4 Å². The molecule has 0 saturated carbocycles. The zero-order chi connectivity index (χ0) is 27.6. The Labute approximate surface area is 233 Å². The monoisotopic (exact) mass is 536 g/mol. The van der Waals surface area contributed by atoms with Gasteiger partial charge in [0.2, 0.25) is 0 Å². The Morgan fingerprint density at radius 3 is 2.85 bits per heavy atom. The summed E-state index contributed by atoms with van der Waals surface area (Å²) in [5.74, 6) is 0.835. The smallest absolute Gasteiger partial charge is 0.255 e. The highest BCUT2D eigenvalue weighted by molar-refractivity contribution is 6.04. The third-order valence-corrected chi connectivity index (χ3v) is 7.29. The van der Waals surface area contributed by atoms with Gasteiger partial charge in [-0.2, -0.15) is 0 Å². The van der Waals surface area contributed by atoms with Gasteiger partial charge in [0.25, 0.3) is 11.8 Å². The van der Waals surface area contributed by atoms with E-state index in [9.17, 15) is 9.59 Å². The van der Waals surface area contributed by atoms with Crippen LogP contribution in [-0.4, -0.2) is 45.4 Å². The first-order valence-electron chi connectivity index (χ1n) is 13.5. The molecule has 9 heteroatoms. The molecule has 0 spiro atoms. The van der Waals surface area contributed by atoms with Crippen LogP contribution in [0.4, 0.5) is 5.69 Å². The Morgan fingerprint density at radius 2 is 2.02 bits per heavy atom. The van der Waals surface area contributed by atoms with Crippen LogP contribution in [0, 0.1) is 6.92 Å². The fourth-order valence-corrected chi connectivity index (χ4v) is 5.35. The van der Waals surface area contributed by atoms with E-state index in [2.05, 4.69) is 26.6 Å². The fourth-order valence-electron chi connectivity index (χ4n) is 5.35. The Hall–Kier alpha value is -4.47. The van der Waals surface area contributed by atoms with Gasteiger partial charge < -0.3 is 25.7 Å². The normalized spacial score (nSPS) is 16.9. The first kappa shape index (κ1) is 25.8. The van der Waals surface area contributed by atoms with Crippen molar-refractivity contribution in [3.8, 4) is 17.2 Å². The van der Waals surface area contributed by atoms with Crippen molar-refractivity contribution in [1.29, 1.82) is 0 Å². The molecule has 6 rings (SSSR count). The summed E-state index contributed by atoms with van der Waals surface area (Å²) < 4.78 is 7.99. The number of hydrogen-bond acceptors (Lipinski definition) is 6. The molecule has 4 aromatic rings. The first-order chi connectivity index (χ1) is 19.4. The van der Waals surface area contributed by atoms with Gasteiger partial charge in [-0.25, -0.2) is 4.98 Å². The quantitative estimate of drug-likeness (QED) is 0.323. The van der Waals surface area contributed by atoms with Gasteiger partial charge in [0.1, 0.15) is 11.5 Å². The topological polar surface area (TPSA) is 115 Å². The Balaban J connectivity index is 1.21. The molecule has 3 heterocycles. The zero-order valence-corrected chi connectivity index (χ0v) is 22.4. The molecule has 40 heavy (non-hydrogen) atoms. The Kier molecular flexibility index (Phi) is 7.06. The number of nitrogens with zero attached hydrogens (tertiary/aromatic N) is 3. The molecule has 0 unspecified atom stereocenters. The molecule has 204 valence electrons. The highest BCUT2D eigenvalue weighted by atomic mass is 16.5. The van der Waals surface area contributed by atoms with Crippen LogP contribution in [0.2, 0.25) is 0 Å². The van der Waals surface area contributed by atoms with Crippen molar-refractivity contribution in [1.82, 2.24) is 19.8 Å². The molecule has 2 aliphatic heterocycles. The van der Waals surface area contributed by atoms with Gasteiger partial charge in [-0.1, -0.05) is 6.07 Å². The number of imidazole rings is 1. The minimum Gasteiger partial charge on any atom is -0.457 e. The van der Waals surface area contributed by atoms with Crippen LogP contribution in [0.5, 0.6) is 11.5 Å². The maximum absolute atomic E-state index is 13.3. The molecule has 0 radical (unpaired) electrons. The number of aromatic nitrogens is 2. The lowest BCUT2D eigenvalue weighted by Crippen LogP contribution is -2.42. The molecular weight excluding hydrogens is 504 g/mol. The fraction of sp³-hybridized carbons (Fsp3) is 0.258. The molecule has 1 saturated heterocycles. The van der Waals surface area contributed by atoms with Crippen molar-refractivity contribution in [2.75, 3.05) is 18.4 Å². The van der Waals surface area contributed by atoms with E-state index < -0.39 is 0 Å². The van der Waals surface area contributed by atoms with Crippen molar-refractivity contribution in [2.45, 2.75) is 38.9 Å². The minimum atomic E-state index is -0.237. The van der Waals surface area contributed by atoms with Crippen LogP contribution in [0.15, 0.2) is 73.2 Å². The molecule has 4 N–H and O–H groups in total. The second-order valence-electron chi connectivity index (χ2n) is 10.5. The van der Waals surface area contributed by atoms with E-state index in [-0.39, 0.29) is 17.9 Å². The lowest BCUT2D eigenvalue weighted by molar-refractivity contribution is 0.0964. The molecule has 3 aromatic carbocycles. The molecule has 1 fully saturated rings. The van der Waals surface area contributed by atoms with Crippen molar-refractivity contribution in [2.24, 2.45) is 5.73 Å². The van der Waals surface area contributed by atoms with E-state index in [4.69, 9.17) is 10.5 Å². The summed E-state index contributed by atoms with van der Waals surface area (Å²) in [6.07, 6.45) is 5.89. The number of carbonyl (C=O) groups excluding carboxylic acids is 2.